The largest absolute Gasteiger partial charge is 0.266 e. The summed E-state index contributed by atoms with van der Waals surface area (Å²) in [5.74, 6) is 1.13. The number of aromatic amines is 1. The Morgan fingerprint density at radius 3 is 2.62 bits per heavy atom. The summed E-state index contributed by atoms with van der Waals surface area (Å²) in [6, 6.07) is 0. The lowest BCUT2D eigenvalue weighted by atomic mass is 10.1. The Morgan fingerprint density at radius 2 is 2.06 bits per heavy atom. The summed E-state index contributed by atoms with van der Waals surface area (Å²) in [6.07, 6.45) is 5.00. The van der Waals surface area contributed by atoms with Gasteiger partial charge in [-0.3, -0.25) is 5.10 Å². The normalized spacial score (nSPS) is 18.1. The van der Waals surface area contributed by atoms with Crippen molar-refractivity contribution < 1.29 is 8.42 Å². The molecule has 0 amide bonds. The van der Waals surface area contributed by atoms with Crippen LogP contribution in [0.15, 0.2) is 5.16 Å². The number of hydrogen-bond acceptors (Lipinski definition) is 4. The SMILES string of the molecule is CCc1nc(S(=O)(=O)CC2CCCC2)n[nH]1. The third-order valence-electron chi connectivity index (χ3n) is 3.05. The van der Waals surface area contributed by atoms with E-state index in [0.29, 0.717) is 18.2 Å². The molecule has 1 aromatic rings. The lowest BCUT2D eigenvalue weighted by Gasteiger charge is -2.06. The Labute approximate surface area is 95.6 Å². The van der Waals surface area contributed by atoms with Gasteiger partial charge in [0.15, 0.2) is 0 Å². The Bertz CT molecular complexity index is 446. The second-order valence-electron chi connectivity index (χ2n) is 4.35. The average Bonchev–Trinajstić information content (AvgIpc) is 2.85. The summed E-state index contributed by atoms with van der Waals surface area (Å²) < 4.78 is 23.9. The number of nitrogens with one attached hydrogen (secondary N) is 1. The molecule has 1 heterocycles. The smallest absolute Gasteiger partial charge is 0.262 e. The van der Waals surface area contributed by atoms with Gasteiger partial charge in [-0.2, -0.15) is 0 Å². The zero-order valence-corrected chi connectivity index (χ0v) is 10.3. The first-order valence-electron chi connectivity index (χ1n) is 5.76. The van der Waals surface area contributed by atoms with E-state index in [1.807, 2.05) is 6.92 Å². The summed E-state index contributed by atoms with van der Waals surface area (Å²) in [4.78, 5) is 3.99. The van der Waals surface area contributed by atoms with E-state index < -0.39 is 9.84 Å². The van der Waals surface area contributed by atoms with Crippen LogP contribution in [0.1, 0.15) is 38.4 Å². The van der Waals surface area contributed by atoms with Crippen LogP contribution in [0.3, 0.4) is 0 Å². The van der Waals surface area contributed by atoms with Crippen molar-refractivity contribution in [3.05, 3.63) is 5.82 Å². The van der Waals surface area contributed by atoms with E-state index in [4.69, 9.17) is 0 Å². The fourth-order valence-corrected chi connectivity index (χ4v) is 3.67. The van der Waals surface area contributed by atoms with E-state index in [1.54, 1.807) is 0 Å². The van der Waals surface area contributed by atoms with E-state index in [1.165, 1.54) is 0 Å². The van der Waals surface area contributed by atoms with Crippen LogP contribution < -0.4 is 0 Å². The number of aromatic nitrogens is 3. The second kappa shape index (κ2) is 4.53. The predicted octanol–water partition coefficient (Wildman–Crippen LogP) is 1.33. The molecule has 6 heteroatoms. The van der Waals surface area contributed by atoms with Crippen molar-refractivity contribution in [2.24, 2.45) is 5.92 Å². The standard InChI is InChI=1S/C10H17N3O2S/c1-2-9-11-10(13-12-9)16(14,15)7-8-5-3-4-6-8/h8H,2-7H2,1H3,(H,11,12,13). The first kappa shape index (κ1) is 11.6. The molecule has 1 aromatic heterocycles. The van der Waals surface area contributed by atoms with Crippen LogP contribution in [0.2, 0.25) is 0 Å². The predicted molar refractivity (Wildman–Crippen MR) is 59.8 cm³/mol. The van der Waals surface area contributed by atoms with Gasteiger partial charge in [-0.1, -0.05) is 19.8 Å². The molecule has 0 unspecified atom stereocenters. The highest BCUT2D eigenvalue weighted by molar-refractivity contribution is 7.91. The molecular formula is C10H17N3O2S. The van der Waals surface area contributed by atoms with Gasteiger partial charge in [-0.05, 0) is 18.8 Å². The highest BCUT2D eigenvalue weighted by Gasteiger charge is 2.26. The molecule has 5 nitrogen and oxygen atoms in total. The lowest BCUT2D eigenvalue weighted by Crippen LogP contribution is -2.15. The molecule has 0 aromatic carbocycles. The number of sulfone groups is 1. The van der Waals surface area contributed by atoms with Gasteiger partial charge in [0, 0.05) is 6.42 Å². The highest BCUT2D eigenvalue weighted by Crippen LogP contribution is 2.27. The maximum absolute atomic E-state index is 12.0. The molecule has 1 saturated carbocycles. The van der Waals surface area contributed by atoms with E-state index in [0.717, 1.165) is 25.7 Å². The fraction of sp³-hybridized carbons (Fsp3) is 0.800. The van der Waals surface area contributed by atoms with Gasteiger partial charge < -0.3 is 0 Å². The molecule has 1 aliphatic rings. The van der Waals surface area contributed by atoms with Gasteiger partial charge in [0.2, 0.25) is 9.84 Å². The highest BCUT2D eigenvalue weighted by atomic mass is 32.2. The molecule has 1 N–H and O–H groups in total. The first-order chi connectivity index (χ1) is 7.62. The Hall–Kier alpha value is -0.910. The number of H-pyrrole nitrogens is 1. The van der Waals surface area contributed by atoms with Crippen LogP contribution in [0, 0.1) is 5.92 Å². The molecular weight excluding hydrogens is 226 g/mol. The molecule has 1 aliphatic carbocycles. The number of nitrogens with zero attached hydrogens (tertiary/aromatic N) is 2. The molecule has 0 saturated heterocycles. The minimum Gasteiger partial charge on any atom is -0.262 e. The molecule has 0 aliphatic heterocycles. The van der Waals surface area contributed by atoms with Crippen molar-refractivity contribution in [3.8, 4) is 0 Å². The van der Waals surface area contributed by atoms with Gasteiger partial charge in [0.05, 0.1) is 5.75 Å². The number of hydrogen-bond donors (Lipinski definition) is 1. The van der Waals surface area contributed by atoms with Crippen LogP contribution >= 0.6 is 0 Å². The third kappa shape index (κ3) is 2.42. The Balaban J connectivity index is 2.11. The molecule has 90 valence electrons. The first-order valence-corrected chi connectivity index (χ1v) is 7.41. The average molecular weight is 243 g/mol. The van der Waals surface area contributed by atoms with Crippen molar-refractivity contribution >= 4 is 9.84 Å². The minimum absolute atomic E-state index is 0.0312. The van der Waals surface area contributed by atoms with Gasteiger partial charge in [0.25, 0.3) is 5.16 Å². The van der Waals surface area contributed by atoms with Crippen LogP contribution in [0.25, 0.3) is 0 Å². The summed E-state index contributed by atoms with van der Waals surface area (Å²) in [7, 11) is -3.29. The molecule has 0 spiro atoms. The molecule has 0 bridgehead atoms. The second-order valence-corrected chi connectivity index (χ2v) is 6.28. The quantitative estimate of drug-likeness (QED) is 0.865. The maximum atomic E-state index is 12.0. The summed E-state index contributed by atoms with van der Waals surface area (Å²) in [5, 5.41) is 6.39. The van der Waals surface area contributed by atoms with Crippen LogP contribution in [0.4, 0.5) is 0 Å². The summed E-state index contributed by atoms with van der Waals surface area (Å²) in [5.41, 5.74) is 0. The van der Waals surface area contributed by atoms with Crippen LogP contribution in [0.5, 0.6) is 0 Å². The molecule has 1 fully saturated rings. The molecule has 2 rings (SSSR count). The van der Waals surface area contributed by atoms with Crippen molar-refractivity contribution in [2.45, 2.75) is 44.2 Å². The Morgan fingerprint density at radius 1 is 1.38 bits per heavy atom. The van der Waals surface area contributed by atoms with Crippen molar-refractivity contribution in [1.82, 2.24) is 15.2 Å². The monoisotopic (exact) mass is 243 g/mol. The molecule has 0 radical (unpaired) electrons. The molecule has 16 heavy (non-hydrogen) atoms. The van der Waals surface area contributed by atoms with E-state index >= 15 is 0 Å². The van der Waals surface area contributed by atoms with Crippen molar-refractivity contribution in [3.63, 3.8) is 0 Å². The lowest BCUT2D eigenvalue weighted by molar-refractivity contribution is 0.552. The zero-order valence-electron chi connectivity index (χ0n) is 9.44. The van der Waals surface area contributed by atoms with Crippen molar-refractivity contribution in [1.29, 1.82) is 0 Å². The van der Waals surface area contributed by atoms with E-state index in [9.17, 15) is 8.42 Å². The fourth-order valence-electron chi connectivity index (χ4n) is 2.14. The Kier molecular flexibility index (Phi) is 3.28. The number of aryl methyl sites for hydroxylation is 1. The topological polar surface area (TPSA) is 75.7 Å². The third-order valence-corrected chi connectivity index (χ3v) is 4.70. The maximum Gasteiger partial charge on any atom is 0.266 e. The van der Waals surface area contributed by atoms with Crippen LogP contribution in [-0.4, -0.2) is 29.4 Å². The minimum atomic E-state index is -3.29. The number of rotatable bonds is 4. The van der Waals surface area contributed by atoms with Gasteiger partial charge in [-0.15, -0.1) is 5.10 Å². The van der Waals surface area contributed by atoms with Gasteiger partial charge in [-0.25, -0.2) is 13.4 Å². The van der Waals surface area contributed by atoms with Gasteiger partial charge >= 0.3 is 0 Å². The van der Waals surface area contributed by atoms with Gasteiger partial charge in [0.1, 0.15) is 5.82 Å². The summed E-state index contributed by atoms with van der Waals surface area (Å²) in [6.45, 7) is 1.91. The van der Waals surface area contributed by atoms with E-state index in [2.05, 4.69) is 15.2 Å². The van der Waals surface area contributed by atoms with Crippen LogP contribution in [-0.2, 0) is 16.3 Å². The molecule has 0 atom stereocenters. The zero-order chi connectivity index (χ0) is 11.6. The van der Waals surface area contributed by atoms with Crippen molar-refractivity contribution in [2.75, 3.05) is 5.75 Å². The van der Waals surface area contributed by atoms with E-state index in [-0.39, 0.29) is 10.9 Å². The summed E-state index contributed by atoms with van der Waals surface area (Å²) >= 11 is 0.